The summed E-state index contributed by atoms with van der Waals surface area (Å²) >= 11 is 0. The number of carbonyl (C=O) groups is 2. The van der Waals surface area contributed by atoms with Crippen molar-refractivity contribution in [1.29, 1.82) is 0 Å². The van der Waals surface area contributed by atoms with Gasteiger partial charge in [-0.15, -0.1) is 0 Å². The summed E-state index contributed by atoms with van der Waals surface area (Å²) in [6, 6.07) is 0. The number of carboxylic acids is 2. The molecular formula is C4H4FeNaO4+. The standard InChI is InChI=1S/C4H6O4.Fe.Na/c5-3(6)1-2-4(7)8;;/h1-2H2,(H,5,6)(H,7,8);;/q;+2;+1/p-2. The second kappa shape index (κ2) is 9.46. The molecule has 0 atom stereocenters. The largest absolute Gasteiger partial charge is 2.00 e. The summed E-state index contributed by atoms with van der Waals surface area (Å²) in [5.74, 6) is -2.73. The van der Waals surface area contributed by atoms with Gasteiger partial charge < -0.3 is 19.8 Å². The summed E-state index contributed by atoms with van der Waals surface area (Å²) in [7, 11) is 0. The third-order valence-corrected chi connectivity index (χ3v) is 0.533. The molecule has 0 aliphatic rings. The molecule has 0 saturated heterocycles. The Kier molecular flexibility index (Phi) is 15.9. The van der Waals surface area contributed by atoms with Gasteiger partial charge in [-0.2, -0.15) is 0 Å². The maximum absolute atomic E-state index is 9.50. The number of carbonyl (C=O) groups excluding carboxylic acids is 2. The van der Waals surface area contributed by atoms with Crippen LogP contribution in [0.2, 0.25) is 0 Å². The predicted molar refractivity (Wildman–Crippen MR) is 19.2 cm³/mol. The van der Waals surface area contributed by atoms with Gasteiger partial charge in [0.05, 0.1) is 0 Å². The Hall–Kier alpha value is 0.459. The zero-order valence-electron chi connectivity index (χ0n) is 5.40. The van der Waals surface area contributed by atoms with Crippen LogP contribution in [0.3, 0.4) is 0 Å². The molecule has 0 bridgehead atoms. The molecule has 0 unspecified atom stereocenters. The monoisotopic (exact) mass is 195 g/mol. The van der Waals surface area contributed by atoms with Crippen molar-refractivity contribution >= 4 is 11.9 Å². The molecule has 0 fully saturated rings. The van der Waals surface area contributed by atoms with Gasteiger partial charge in [0.15, 0.2) is 0 Å². The normalized spacial score (nSPS) is 6.80. The first-order valence-electron chi connectivity index (χ1n) is 2.02. The fraction of sp³-hybridized carbons (Fsp3) is 0.500. The Morgan fingerprint density at radius 3 is 1.30 bits per heavy atom. The molecule has 0 amide bonds. The van der Waals surface area contributed by atoms with Crippen LogP contribution in [0.25, 0.3) is 0 Å². The summed E-state index contributed by atoms with van der Waals surface area (Å²) < 4.78 is 0. The Morgan fingerprint density at radius 2 is 1.20 bits per heavy atom. The minimum Gasteiger partial charge on any atom is -0.550 e. The van der Waals surface area contributed by atoms with E-state index in [4.69, 9.17) is 0 Å². The van der Waals surface area contributed by atoms with Crippen molar-refractivity contribution in [3.05, 3.63) is 0 Å². The van der Waals surface area contributed by atoms with E-state index in [0.717, 1.165) is 0 Å². The zero-order chi connectivity index (χ0) is 6.57. The van der Waals surface area contributed by atoms with E-state index in [0.29, 0.717) is 0 Å². The summed E-state index contributed by atoms with van der Waals surface area (Å²) in [5.41, 5.74) is 0. The molecular weight excluding hydrogens is 191 g/mol. The maximum atomic E-state index is 9.50. The van der Waals surface area contributed by atoms with Gasteiger partial charge in [0.2, 0.25) is 0 Å². The fourth-order valence-electron chi connectivity index (χ4n) is 0.204. The Balaban J connectivity index is -0.000000245. The van der Waals surface area contributed by atoms with Crippen molar-refractivity contribution in [2.45, 2.75) is 12.8 Å². The maximum Gasteiger partial charge on any atom is 2.00 e. The van der Waals surface area contributed by atoms with Crippen molar-refractivity contribution in [1.82, 2.24) is 0 Å². The van der Waals surface area contributed by atoms with Crippen LogP contribution in [0.15, 0.2) is 0 Å². The molecule has 0 radical (unpaired) electrons. The van der Waals surface area contributed by atoms with Crippen LogP contribution in [0.5, 0.6) is 0 Å². The van der Waals surface area contributed by atoms with Crippen LogP contribution in [-0.4, -0.2) is 11.9 Å². The zero-order valence-corrected chi connectivity index (χ0v) is 8.50. The second-order valence-corrected chi connectivity index (χ2v) is 1.24. The third kappa shape index (κ3) is 15.8. The van der Waals surface area contributed by atoms with E-state index in [9.17, 15) is 19.8 Å². The number of carboxylic acid groups (broad SMARTS) is 2. The van der Waals surface area contributed by atoms with Gasteiger partial charge in [-0.05, 0) is 12.8 Å². The summed E-state index contributed by atoms with van der Waals surface area (Å²) in [6.07, 6.45) is -0.940. The molecule has 0 heterocycles. The van der Waals surface area contributed by atoms with Gasteiger partial charge in [0, 0.05) is 11.9 Å². The van der Waals surface area contributed by atoms with Gasteiger partial charge >= 0.3 is 46.6 Å². The van der Waals surface area contributed by atoms with Gasteiger partial charge in [-0.1, -0.05) is 0 Å². The van der Waals surface area contributed by atoms with Gasteiger partial charge in [-0.25, -0.2) is 0 Å². The molecule has 0 aromatic rings. The molecule has 4 nitrogen and oxygen atoms in total. The first-order chi connectivity index (χ1) is 3.63. The van der Waals surface area contributed by atoms with Crippen molar-refractivity contribution in [3.8, 4) is 0 Å². The van der Waals surface area contributed by atoms with Crippen molar-refractivity contribution < 1.29 is 66.4 Å². The number of hydrogen-bond acceptors (Lipinski definition) is 4. The SMILES string of the molecule is O=C([O-])CCC(=O)[O-].[Fe+2].[Na+]. The van der Waals surface area contributed by atoms with Crippen molar-refractivity contribution in [2.24, 2.45) is 0 Å². The Bertz CT molecular complexity index is 102. The third-order valence-electron chi connectivity index (χ3n) is 0.533. The van der Waals surface area contributed by atoms with E-state index >= 15 is 0 Å². The van der Waals surface area contributed by atoms with Crippen molar-refractivity contribution in [2.75, 3.05) is 0 Å². The first-order valence-corrected chi connectivity index (χ1v) is 2.02. The topological polar surface area (TPSA) is 80.3 Å². The van der Waals surface area contributed by atoms with Crippen LogP contribution in [0, 0.1) is 0 Å². The molecule has 0 N–H and O–H groups in total. The van der Waals surface area contributed by atoms with Crippen LogP contribution >= 0.6 is 0 Å². The van der Waals surface area contributed by atoms with E-state index in [1.165, 1.54) is 0 Å². The van der Waals surface area contributed by atoms with Crippen LogP contribution in [0.4, 0.5) is 0 Å². The molecule has 0 aromatic heterocycles. The minimum absolute atomic E-state index is 0. The molecule has 0 rings (SSSR count). The molecule has 0 aliphatic heterocycles. The fourth-order valence-corrected chi connectivity index (χ4v) is 0.204. The molecule has 0 spiro atoms. The van der Waals surface area contributed by atoms with E-state index < -0.39 is 24.8 Å². The quantitative estimate of drug-likeness (QED) is 0.420. The average Bonchev–Trinajstić information content (AvgIpc) is 1.61. The average molecular weight is 195 g/mol. The Labute approximate surface area is 90.8 Å². The number of aliphatic carboxylic acids is 2. The summed E-state index contributed by atoms with van der Waals surface area (Å²) in [6.45, 7) is 0. The molecule has 0 aliphatic carbocycles. The number of rotatable bonds is 3. The smallest absolute Gasteiger partial charge is 0.550 e. The number of hydrogen-bond donors (Lipinski definition) is 0. The van der Waals surface area contributed by atoms with Crippen molar-refractivity contribution in [3.63, 3.8) is 0 Å². The van der Waals surface area contributed by atoms with Gasteiger partial charge in [-0.3, -0.25) is 0 Å². The second-order valence-electron chi connectivity index (χ2n) is 1.24. The summed E-state index contributed by atoms with van der Waals surface area (Å²) in [4.78, 5) is 19.0. The van der Waals surface area contributed by atoms with Gasteiger partial charge in [0.1, 0.15) is 0 Å². The Morgan fingerprint density at radius 1 is 1.00 bits per heavy atom. The van der Waals surface area contributed by atoms with Gasteiger partial charge in [0.25, 0.3) is 0 Å². The molecule has 10 heavy (non-hydrogen) atoms. The van der Waals surface area contributed by atoms with Crippen LogP contribution < -0.4 is 39.8 Å². The predicted octanol–water partition coefficient (Wildman–Crippen LogP) is -5.73. The minimum atomic E-state index is -1.37. The molecule has 0 aromatic carbocycles. The van der Waals surface area contributed by atoms with Crippen LogP contribution in [-0.2, 0) is 26.7 Å². The van der Waals surface area contributed by atoms with E-state index in [1.54, 1.807) is 0 Å². The van der Waals surface area contributed by atoms with E-state index in [2.05, 4.69) is 0 Å². The van der Waals surface area contributed by atoms with Crippen LogP contribution in [0.1, 0.15) is 12.8 Å². The molecule has 0 saturated carbocycles. The molecule has 6 heteroatoms. The first kappa shape index (κ1) is 16.8. The van der Waals surface area contributed by atoms with E-state index in [1.807, 2.05) is 0 Å². The molecule has 52 valence electrons. The summed E-state index contributed by atoms with van der Waals surface area (Å²) in [5, 5.41) is 19.0. The van der Waals surface area contributed by atoms with E-state index in [-0.39, 0.29) is 46.6 Å².